The molecule has 0 spiro atoms. The second-order valence-electron chi connectivity index (χ2n) is 5.67. The molecule has 18 heavy (non-hydrogen) atoms. The lowest BCUT2D eigenvalue weighted by atomic mass is 9.87. The van der Waals surface area contributed by atoms with Crippen LogP contribution in [0.3, 0.4) is 0 Å². The number of benzene rings is 1. The molecule has 2 rings (SSSR count). The van der Waals surface area contributed by atoms with Crippen LogP contribution < -0.4 is 10.2 Å². The van der Waals surface area contributed by atoms with Crippen LogP contribution in [-0.4, -0.2) is 26.2 Å². The van der Waals surface area contributed by atoms with Crippen molar-refractivity contribution < 1.29 is 0 Å². The summed E-state index contributed by atoms with van der Waals surface area (Å²) in [5.41, 5.74) is 1.30. The molecule has 1 fully saturated rings. The number of hydrogen-bond donors (Lipinski definition) is 1. The maximum Gasteiger partial charge on any atom is 0.0364 e. The summed E-state index contributed by atoms with van der Waals surface area (Å²) in [4.78, 5) is 2.32. The Kier molecular flexibility index (Phi) is 5.06. The van der Waals surface area contributed by atoms with Crippen molar-refractivity contribution in [2.45, 2.75) is 38.6 Å². The van der Waals surface area contributed by atoms with Crippen molar-refractivity contribution in [1.82, 2.24) is 5.32 Å². The van der Waals surface area contributed by atoms with Crippen molar-refractivity contribution in [1.29, 1.82) is 0 Å². The number of hydrogen-bond acceptors (Lipinski definition) is 2. The Bertz CT molecular complexity index is 328. The third-order valence-electron chi connectivity index (χ3n) is 4.09. The highest BCUT2D eigenvalue weighted by Gasteiger charge is 2.17. The van der Waals surface area contributed by atoms with Crippen molar-refractivity contribution in [3.63, 3.8) is 0 Å². The quantitative estimate of drug-likeness (QED) is 0.857. The molecule has 0 heterocycles. The van der Waals surface area contributed by atoms with Crippen LogP contribution in [0.1, 0.15) is 32.6 Å². The van der Waals surface area contributed by atoms with Gasteiger partial charge in [-0.1, -0.05) is 25.1 Å². The standard InChI is InChI=1S/C16H26N2/c1-14-8-10-15(11-9-14)17-12-13-18(2)16-6-4-3-5-7-16/h3-7,14-15,17H,8-13H2,1-2H3. The first-order valence-corrected chi connectivity index (χ1v) is 7.25. The van der Waals surface area contributed by atoms with E-state index in [-0.39, 0.29) is 0 Å². The molecule has 1 aliphatic rings. The molecule has 0 atom stereocenters. The van der Waals surface area contributed by atoms with E-state index >= 15 is 0 Å². The van der Waals surface area contributed by atoms with Gasteiger partial charge in [0.2, 0.25) is 0 Å². The van der Waals surface area contributed by atoms with Gasteiger partial charge >= 0.3 is 0 Å². The summed E-state index contributed by atoms with van der Waals surface area (Å²) in [6, 6.07) is 11.4. The Balaban J connectivity index is 1.66. The molecule has 0 unspecified atom stereocenters. The minimum absolute atomic E-state index is 0.755. The molecule has 1 aliphatic carbocycles. The zero-order valence-electron chi connectivity index (χ0n) is 11.7. The highest BCUT2D eigenvalue weighted by Crippen LogP contribution is 2.23. The summed E-state index contributed by atoms with van der Waals surface area (Å²) in [5.74, 6) is 0.940. The molecule has 2 nitrogen and oxygen atoms in total. The molecule has 0 amide bonds. The van der Waals surface area contributed by atoms with E-state index < -0.39 is 0 Å². The first-order valence-electron chi connectivity index (χ1n) is 7.25. The van der Waals surface area contributed by atoms with Crippen molar-refractivity contribution in [3.05, 3.63) is 30.3 Å². The smallest absolute Gasteiger partial charge is 0.0364 e. The first-order chi connectivity index (χ1) is 8.75. The molecule has 100 valence electrons. The molecule has 0 saturated heterocycles. The van der Waals surface area contributed by atoms with Gasteiger partial charge in [0.1, 0.15) is 0 Å². The first kappa shape index (κ1) is 13.4. The minimum Gasteiger partial charge on any atom is -0.373 e. The predicted octanol–water partition coefficient (Wildman–Crippen LogP) is 3.29. The number of para-hydroxylation sites is 1. The summed E-state index contributed by atoms with van der Waals surface area (Å²) < 4.78 is 0. The van der Waals surface area contributed by atoms with Crippen LogP contribution in [-0.2, 0) is 0 Å². The number of nitrogens with zero attached hydrogens (tertiary/aromatic N) is 1. The van der Waals surface area contributed by atoms with Gasteiger partial charge in [0.15, 0.2) is 0 Å². The van der Waals surface area contributed by atoms with Gasteiger partial charge in [-0.3, -0.25) is 0 Å². The zero-order chi connectivity index (χ0) is 12.8. The van der Waals surface area contributed by atoms with Crippen molar-refractivity contribution in [2.24, 2.45) is 5.92 Å². The van der Waals surface area contributed by atoms with Crippen LogP contribution >= 0.6 is 0 Å². The van der Waals surface area contributed by atoms with Gasteiger partial charge < -0.3 is 10.2 Å². The van der Waals surface area contributed by atoms with E-state index in [1.807, 2.05) is 0 Å². The van der Waals surface area contributed by atoms with Gasteiger partial charge in [-0.2, -0.15) is 0 Å². The molecule has 0 radical (unpaired) electrons. The summed E-state index contributed by atoms with van der Waals surface area (Å²) >= 11 is 0. The number of likely N-dealkylation sites (N-methyl/N-ethyl adjacent to an activating group) is 1. The van der Waals surface area contributed by atoms with Gasteiger partial charge in [0.25, 0.3) is 0 Å². The second kappa shape index (κ2) is 6.79. The molecule has 1 aromatic rings. The second-order valence-corrected chi connectivity index (χ2v) is 5.67. The van der Waals surface area contributed by atoms with Crippen LogP contribution in [0, 0.1) is 5.92 Å². The molecule has 0 aliphatic heterocycles. The Morgan fingerprint density at radius 3 is 2.44 bits per heavy atom. The van der Waals surface area contributed by atoms with E-state index in [9.17, 15) is 0 Å². The van der Waals surface area contributed by atoms with Crippen LogP contribution in [0.5, 0.6) is 0 Å². The average Bonchev–Trinajstić information content (AvgIpc) is 2.42. The zero-order valence-corrected chi connectivity index (χ0v) is 11.7. The van der Waals surface area contributed by atoms with Crippen molar-refractivity contribution in [2.75, 3.05) is 25.0 Å². The highest BCUT2D eigenvalue weighted by molar-refractivity contribution is 5.44. The van der Waals surface area contributed by atoms with E-state index in [0.29, 0.717) is 0 Å². The molecule has 1 saturated carbocycles. The molecular weight excluding hydrogens is 220 g/mol. The Morgan fingerprint density at radius 2 is 1.78 bits per heavy atom. The molecule has 2 heteroatoms. The third-order valence-corrected chi connectivity index (χ3v) is 4.09. The van der Waals surface area contributed by atoms with Crippen LogP contribution in [0.2, 0.25) is 0 Å². The average molecular weight is 246 g/mol. The van der Waals surface area contributed by atoms with E-state index in [2.05, 4.69) is 54.5 Å². The van der Waals surface area contributed by atoms with Crippen LogP contribution in [0.4, 0.5) is 5.69 Å². The molecule has 1 N–H and O–H groups in total. The highest BCUT2D eigenvalue weighted by atomic mass is 15.1. The fourth-order valence-corrected chi connectivity index (χ4v) is 2.71. The largest absolute Gasteiger partial charge is 0.373 e. The number of rotatable bonds is 5. The molecule has 0 aromatic heterocycles. The fraction of sp³-hybridized carbons (Fsp3) is 0.625. The Labute approximate surface area is 111 Å². The topological polar surface area (TPSA) is 15.3 Å². The van der Waals surface area contributed by atoms with Gasteiger partial charge in [0, 0.05) is 31.9 Å². The normalized spacial score (nSPS) is 23.9. The minimum atomic E-state index is 0.755. The predicted molar refractivity (Wildman–Crippen MR) is 79.1 cm³/mol. The molecule has 1 aromatic carbocycles. The third kappa shape index (κ3) is 4.02. The van der Waals surface area contributed by atoms with Crippen LogP contribution in [0.15, 0.2) is 30.3 Å². The Morgan fingerprint density at radius 1 is 1.11 bits per heavy atom. The van der Waals surface area contributed by atoms with Gasteiger partial charge in [-0.15, -0.1) is 0 Å². The fourth-order valence-electron chi connectivity index (χ4n) is 2.71. The van der Waals surface area contributed by atoms with E-state index in [1.165, 1.54) is 31.4 Å². The summed E-state index contributed by atoms with van der Waals surface area (Å²) in [6.45, 7) is 4.54. The monoisotopic (exact) mass is 246 g/mol. The SMILES string of the molecule is CC1CCC(NCCN(C)c2ccccc2)CC1. The van der Waals surface area contributed by atoms with Gasteiger partial charge in [0.05, 0.1) is 0 Å². The molecular formula is C16H26N2. The van der Waals surface area contributed by atoms with E-state index in [4.69, 9.17) is 0 Å². The lowest BCUT2D eigenvalue weighted by Gasteiger charge is -2.28. The Hall–Kier alpha value is -1.02. The van der Waals surface area contributed by atoms with Crippen molar-refractivity contribution in [3.8, 4) is 0 Å². The van der Waals surface area contributed by atoms with E-state index in [0.717, 1.165) is 25.0 Å². The summed E-state index contributed by atoms with van der Waals surface area (Å²) in [5, 5.41) is 3.70. The van der Waals surface area contributed by atoms with Gasteiger partial charge in [-0.25, -0.2) is 0 Å². The van der Waals surface area contributed by atoms with Gasteiger partial charge in [-0.05, 0) is 43.7 Å². The maximum absolute atomic E-state index is 3.70. The maximum atomic E-state index is 3.70. The lowest BCUT2D eigenvalue weighted by Crippen LogP contribution is -2.37. The summed E-state index contributed by atoms with van der Waals surface area (Å²) in [7, 11) is 2.17. The lowest BCUT2D eigenvalue weighted by molar-refractivity contribution is 0.309. The number of anilines is 1. The number of nitrogens with one attached hydrogen (secondary N) is 1. The van der Waals surface area contributed by atoms with Crippen LogP contribution in [0.25, 0.3) is 0 Å². The van der Waals surface area contributed by atoms with Crippen molar-refractivity contribution >= 4 is 5.69 Å². The summed E-state index contributed by atoms with van der Waals surface area (Å²) in [6.07, 6.45) is 5.50. The molecule has 0 bridgehead atoms. The van der Waals surface area contributed by atoms with E-state index in [1.54, 1.807) is 0 Å².